The van der Waals surface area contributed by atoms with Crippen molar-refractivity contribution in [2.75, 3.05) is 0 Å². The summed E-state index contributed by atoms with van der Waals surface area (Å²) in [6, 6.07) is 15.9. The molecule has 3 aromatic rings. The zero-order valence-corrected chi connectivity index (χ0v) is 10.4. The molecule has 0 spiro atoms. The fourth-order valence-electron chi connectivity index (χ4n) is 1.89. The standard InChI is InChI=1S/C15H11NOS/c17-10-11-6-7-13-14(8-11)16-9-15(13)18-12-4-2-1-3-5-12/h1-10,16H. The fourth-order valence-corrected chi connectivity index (χ4v) is 2.84. The number of rotatable bonds is 3. The lowest BCUT2D eigenvalue weighted by atomic mass is 10.2. The zero-order valence-electron chi connectivity index (χ0n) is 9.59. The first-order chi connectivity index (χ1) is 8.86. The quantitative estimate of drug-likeness (QED) is 0.712. The van der Waals surface area contributed by atoms with Gasteiger partial charge >= 0.3 is 0 Å². The maximum absolute atomic E-state index is 10.7. The van der Waals surface area contributed by atoms with E-state index in [1.54, 1.807) is 11.8 Å². The summed E-state index contributed by atoms with van der Waals surface area (Å²) in [5.74, 6) is 0. The molecular formula is C15H11NOS. The largest absolute Gasteiger partial charge is 0.360 e. The van der Waals surface area contributed by atoms with Crippen LogP contribution in [0, 0.1) is 0 Å². The first-order valence-electron chi connectivity index (χ1n) is 5.66. The molecule has 1 heterocycles. The van der Waals surface area contributed by atoms with Crippen LogP contribution >= 0.6 is 11.8 Å². The van der Waals surface area contributed by atoms with Crippen LogP contribution in [0.1, 0.15) is 10.4 Å². The topological polar surface area (TPSA) is 32.9 Å². The molecule has 0 atom stereocenters. The Bertz CT molecular complexity index is 688. The monoisotopic (exact) mass is 253 g/mol. The number of nitrogens with one attached hydrogen (secondary N) is 1. The molecule has 0 amide bonds. The van der Waals surface area contributed by atoms with Crippen LogP contribution in [0.15, 0.2) is 64.5 Å². The van der Waals surface area contributed by atoms with Crippen molar-refractivity contribution in [1.82, 2.24) is 4.98 Å². The number of carbonyl (C=O) groups excluding carboxylic acids is 1. The molecular weight excluding hydrogens is 242 g/mol. The van der Waals surface area contributed by atoms with Gasteiger partial charge in [-0.3, -0.25) is 4.79 Å². The van der Waals surface area contributed by atoms with Crippen molar-refractivity contribution < 1.29 is 4.79 Å². The molecule has 0 aliphatic carbocycles. The lowest BCUT2D eigenvalue weighted by Gasteiger charge is -1.99. The molecule has 0 radical (unpaired) electrons. The van der Waals surface area contributed by atoms with Gasteiger partial charge in [-0.25, -0.2) is 0 Å². The van der Waals surface area contributed by atoms with E-state index in [-0.39, 0.29) is 0 Å². The number of fused-ring (bicyclic) bond motifs is 1. The van der Waals surface area contributed by atoms with Gasteiger partial charge in [-0.1, -0.05) is 42.1 Å². The molecule has 0 aliphatic rings. The fraction of sp³-hybridized carbons (Fsp3) is 0. The summed E-state index contributed by atoms with van der Waals surface area (Å²) in [6.45, 7) is 0. The van der Waals surface area contributed by atoms with Gasteiger partial charge in [0.25, 0.3) is 0 Å². The molecule has 3 rings (SSSR count). The number of hydrogen-bond donors (Lipinski definition) is 1. The van der Waals surface area contributed by atoms with E-state index in [0.29, 0.717) is 5.56 Å². The molecule has 2 aromatic carbocycles. The predicted octanol–water partition coefficient (Wildman–Crippen LogP) is 4.13. The molecule has 1 aromatic heterocycles. The molecule has 0 fully saturated rings. The van der Waals surface area contributed by atoms with Crippen LogP contribution < -0.4 is 0 Å². The summed E-state index contributed by atoms with van der Waals surface area (Å²) in [6.07, 6.45) is 2.85. The molecule has 0 aliphatic heterocycles. The maximum atomic E-state index is 10.7. The number of aromatic amines is 1. The van der Waals surface area contributed by atoms with E-state index in [9.17, 15) is 4.79 Å². The van der Waals surface area contributed by atoms with Crippen LogP contribution in [-0.2, 0) is 0 Å². The Morgan fingerprint density at radius 1 is 1.06 bits per heavy atom. The van der Waals surface area contributed by atoms with Crippen molar-refractivity contribution in [1.29, 1.82) is 0 Å². The van der Waals surface area contributed by atoms with Crippen molar-refractivity contribution in [3.63, 3.8) is 0 Å². The van der Waals surface area contributed by atoms with Crippen molar-refractivity contribution in [2.45, 2.75) is 9.79 Å². The molecule has 88 valence electrons. The molecule has 2 nitrogen and oxygen atoms in total. The second-order valence-electron chi connectivity index (χ2n) is 3.99. The molecule has 18 heavy (non-hydrogen) atoms. The lowest BCUT2D eigenvalue weighted by Crippen LogP contribution is -1.78. The van der Waals surface area contributed by atoms with Crippen molar-refractivity contribution in [3.05, 3.63) is 60.3 Å². The number of aldehydes is 1. The zero-order chi connectivity index (χ0) is 12.4. The van der Waals surface area contributed by atoms with Crippen LogP contribution in [0.5, 0.6) is 0 Å². The highest BCUT2D eigenvalue weighted by atomic mass is 32.2. The van der Waals surface area contributed by atoms with Gasteiger partial charge in [0.2, 0.25) is 0 Å². The van der Waals surface area contributed by atoms with Crippen molar-refractivity contribution in [3.8, 4) is 0 Å². The van der Waals surface area contributed by atoms with Crippen LogP contribution in [0.4, 0.5) is 0 Å². The second-order valence-corrected chi connectivity index (χ2v) is 5.11. The van der Waals surface area contributed by atoms with Gasteiger partial charge in [-0.2, -0.15) is 0 Å². The normalized spacial score (nSPS) is 10.7. The summed E-state index contributed by atoms with van der Waals surface area (Å²) in [7, 11) is 0. The average Bonchev–Trinajstić information content (AvgIpc) is 2.82. The Labute approximate surface area is 109 Å². The Morgan fingerprint density at radius 3 is 2.67 bits per heavy atom. The number of benzene rings is 2. The van der Waals surface area contributed by atoms with Crippen LogP contribution in [-0.4, -0.2) is 11.3 Å². The van der Waals surface area contributed by atoms with Crippen LogP contribution in [0.25, 0.3) is 10.9 Å². The average molecular weight is 253 g/mol. The van der Waals surface area contributed by atoms with Crippen molar-refractivity contribution in [2.24, 2.45) is 0 Å². The van der Waals surface area contributed by atoms with Crippen molar-refractivity contribution >= 4 is 29.0 Å². The second kappa shape index (κ2) is 4.70. The van der Waals surface area contributed by atoms with Crippen LogP contribution in [0.2, 0.25) is 0 Å². The van der Waals surface area contributed by atoms with Gasteiger partial charge in [0, 0.05) is 32.5 Å². The van der Waals surface area contributed by atoms with E-state index >= 15 is 0 Å². The highest BCUT2D eigenvalue weighted by Gasteiger charge is 2.05. The van der Waals surface area contributed by atoms with Gasteiger partial charge < -0.3 is 4.98 Å². The van der Waals surface area contributed by atoms with Gasteiger partial charge in [0.1, 0.15) is 6.29 Å². The number of carbonyl (C=O) groups is 1. The van der Waals surface area contributed by atoms with E-state index < -0.39 is 0 Å². The molecule has 0 saturated carbocycles. The van der Waals surface area contributed by atoms with Crippen LogP contribution in [0.3, 0.4) is 0 Å². The third-order valence-corrected chi connectivity index (χ3v) is 3.84. The minimum atomic E-state index is 0.695. The molecule has 1 N–H and O–H groups in total. The third-order valence-electron chi connectivity index (χ3n) is 2.77. The summed E-state index contributed by atoms with van der Waals surface area (Å²) in [5.41, 5.74) is 1.69. The molecule has 0 unspecified atom stereocenters. The Morgan fingerprint density at radius 2 is 1.89 bits per heavy atom. The number of aromatic nitrogens is 1. The Hall–Kier alpha value is -2.00. The number of hydrogen-bond acceptors (Lipinski definition) is 2. The van der Waals surface area contributed by atoms with Gasteiger partial charge in [-0.15, -0.1) is 0 Å². The molecule has 0 saturated heterocycles. The first-order valence-corrected chi connectivity index (χ1v) is 6.48. The highest BCUT2D eigenvalue weighted by molar-refractivity contribution is 7.99. The number of H-pyrrole nitrogens is 1. The molecule has 3 heteroatoms. The van der Waals surface area contributed by atoms with E-state index in [0.717, 1.165) is 17.2 Å². The first kappa shape index (κ1) is 11.1. The van der Waals surface area contributed by atoms with Gasteiger partial charge in [0.05, 0.1) is 0 Å². The minimum absolute atomic E-state index is 0.695. The predicted molar refractivity (Wildman–Crippen MR) is 74.3 cm³/mol. The summed E-state index contributed by atoms with van der Waals surface area (Å²) in [4.78, 5) is 16.3. The van der Waals surface area contributed by atoms with Gasteiger partial charge in [0.15, 0.2) is 0 Å². The van der Waals surface area contributed by atoms with E-state index in [1.807, 2.05) is 42.6 Å². The van der Waals surface area contributed by atoms with E-state index in [2.05, 4.69) is 17.1 Å². The SMILES string of the molecule is O=Cc1ccc2c(Sc3ccccc3)c[nH]c2c1. The lowest BCUT2D eigenvalue weighted by molar-refractivity contribution is 0.112. The Balaban J connectivity index is 2.00. The minimum Gasteiger partial charge on any atom is -0.360 e. The molecule has 0 bridgehead atoms. The summed E-state index contributed by atoms with van der Waals surface area (Å²) in [5, 5.41) is 1.15. The maximum Gasteiger partial charge on any atom is 0.150 e. The smallest absolute Gasteiger partial charge is 0.150 e. The van der Waals surface area contributed by atoms with Gasteiger partial charge in [-0.05, 0) is 18.2 Å². The highest BCUT2D eigenvalue weighted by Crippen LogP contribution is 2.33. The summed E-state index contributed by atoms with van der Waals surface area (Å²) < 4.78 is 0. The summed E-state index contributed by atoms with van der Waals surface area (Å²) >= 11 is 1.72. The Kier molecular flexibility index (Phi) is 2.90. The van der Waals surface area contributed by atoms with E-state index in [4.69, 9.17) is 0 Å². The van der Waals surface area contributed by atoms with E-state index in [1.165, 1.54) is 9.79 Å². The third kappa shape index (κ3) is 2.05.